The third-order valence-corrected chi connectivity index (χ3v) is 7.68. The molecule has 1 saturated carbocycles. The maximum absolute atomic E-state index is 13.2. The fourth-order valence-electron chi connectivity index (χ4n) is 5.16. The minimum absolute atomic E-state index is 0.00460. The van der Waals surface area contributed by atoms with E-state index in [-0.39, 0.29) is 24.3 Å². The first kappa shape index (κ1) is 25.7. The number of piperazine rings is 1. The van der Waals surface area contributed by atoms with E-state index in [1.807, 2.05) is 65.6 Å². The maximum atomic E-state index is 13.2. The average Bonchev–Trinajstić information content (AvgIpc) is 3.88. The molecule has 2 amide bonds. The van der Waals surface area contributed by atoms with Crippen molar-refractivity contribution in [2.24, 2.45) is 5.92 Å². The molecule has 0 spiro atoms. The van der Waals surface area contributed by atoms with E-state index in [1.54, 1.807) is 4.90 Å². The Hall–Kier alpha value is -4.52. The largest absolute Gasteiger partial charge is 0.352 e. The zero-order valence-corrected chi connectivity index (χ0v) is 22.5. The lowest BCUT2D eigenvalue weighted by Crippen LogP contribution is -2.52. The van der Waals surface area contributed by atoms with E-state index in [9.17, 15) is 9.59 Å². The number of carbonyl (C=O) groups is 2. The number of rotatable bonds is 8. The fraction of sp³-hybridized carbons (Fsp3) is 0.273. The van der Waals surface area contributed by atoms with Crippen molar-refractivity contribution in [3.05, 3.63) is 103 Å². The molecule has 7 nitrogen and oxygen atoms in total. The minimum Gasteiger partial charge on any atom is -0.352 e. The van der Waals surface area contributed by atoms with Gasteiger partial charge in [-0.25, -0.2) is 0 Å². The fourth-order valence-corrected chi connectivity index (χ4v) is 5.16. The van der Waals surface area contributed by atoms with Crippen molar-refractivity contribution in [2.75, 3.05) is 37.6 Å². The first-order valence-electron chi connectivity index (χ1n) is 14.0. The molecule has 2 aliphatic rings. The zero-order valence-electron chi connectivity index (χ0n) is 22.5. The van der Waals surface area contributed by atoms with Crippen molar-refractivity contribution in [3.63, 3.8) is 0 Å². The van der Waals surface area contributed by atoms with Crippen LogP contribution in [0.15, 0.2) is 97.1 Å². The third-order valence-electron chi connectivity index (χ3n) is 7.68. The van der Waals surface area contributed by atoms with Crippen LogP contribution < -0.4 is 4.90 Å². The van der Waals surface area contributed by atoms with Gasteiger partial charge >= 0.3 is 0 Å². The molecule has 0 N–H and O–H groups in total. The highest BCUT2D eigenvalue weighted by Crippen LogP contribution is 2.31. The van der Waals surface area contributed by atoms with E-state index < -0.39 is 0 Å². The number of nitrogens with zero attached hydrogens (tertiary/aromatic N) is 5. The van der Waals surface area contributed by atoms with E-state index >= 15 is 0 Å². The van der Waals surface area contributed by atoms with Gasteiger partial charge in [-0.05, 0) is 41.7 Å². The molecule has 4 aromatic rings. The van der Waals surface area contributed by atoms with Gasteiger partial charge in [0.05, 0.1) is 5.69 Å². The Morgan fingerprint density at radius 2 is 1.32 bits per heavy atom. The number of carbonyl (C=O) groups excluding carboxylic acids is 2. The number of benzene rings is 3. The van der Waals surface area contributed by atoms with Crippen LogP contribution in [0, 0.1) is 5.92 Å². The van der Waals surface area contributed by atoms with Crippen molar-refractivity contribution in [2.45, 2.75) is 19.4 Å². The standard InChI is InChI=1S/C33H33N5O2/c39-32(24-38(33(40)29-15-16-29)23-25-7-3-1-4-8-25)37-21-19-36(20-22-37)31-18-17-30(34-35-31)28-13-11-27(12-14-28)26-9-5-2-6-10-26/h1-14,17-18,29H,15-16,19-24H2. The highest BCUT2D eigenvalue weighted by atomic mass is 16.2. The van der Waals surface area contributed by atoms with Crippen LogP contribution in [0.3, 0.4) is 0 Å². The van der Waals surface area contributed by atoms with Crippen LogP contribution in [-0.2, 0) is 16.1 Å². The SMILES string of the molecule is O=C(CN(Cc1ccccc1)C(=O)C1CC1)N1CCN(c2ccc(-c3ccc(-c4ccccc4)cc3)nn2)CC1. The Kier molecular flexibility index (Phi) is 7.53. The summed E-state index contributed by atoms with van der Waals surface area (Å²) in [6.45, 7) is 3.15. The monoisotopic (exact) mass is 531 g/mol. The first-order chi connectivity index (χ1) is 19.6. The van der Waals surface area contributed by atoms with Crippen LogP contribution >= 0.6 is 0 Å². The van der Waals surface area contributed by atoms with Gasteiger partial charge in [0.1, 0.15) is 6.54 Å². The van der Waals surface area contributed by atoms with Crippen molar-refractivity contribution in [3.8, 4) is 22.4 Å². The molecular weight excluding hydrogens is 498 g/mol. The Balaban J connectivity index is 1.04. The van der Waals surface area contributed by atoms with Crippen LogP contribution in [0.1, 0.15) is 18.4 Å². The Labute approximate surface area is 235 Å². The molecule has 0 bridgehead atoms. The summed E-state index contributed by atoms with van der Waals surface area (Å²) in [4.78, 5) is 31.9. The quantitative estimate of drug-likeness (QED) is 0.324. The summed E-state index contributed by atoms with van der Waals surface area (Å²) in [5.41, 5.74) is 5.25. The molecule has 2 fully saturated rings. The lowest BCUT2D eigenvalue weighted by molar-refractivity contribution is -0.142. The Bertz CT molecular complexity index is 1430. The maximum Gasteiger partial charge on any atom is 0.242 e. The molecule has 0 unspecified atom stereocenters. The van der Waals surface area contributed by atoms with Crippen LogP contribution in [0.2, 0.25) is 0 Å². The molecule has 0 radical (unpaired) electrons. The van der Waals surface area contributed by atoms with Gasteiger partial charge in [0.2, 0.25) is 11.8 Å². The molecule has 2 heterocycles. The van der Waals surface area contributed by atoms with Crippen molar-refractivity contribution >= 4 is 17.6 Å². The Morgan fingerprint density at radius 3 is 1.95 bits per heavy atom. The molecule has 1 aromatic heterocycles. The van der Waals surface area contributed by atoms with E-state index in [0.29, 0.717) is 32.7 Å². The molecule has 0 atom stereocenters. The lowest BCUT2D eigenvalue weighted by Gasteiger charge is -2.36. The second-order valence-corrected chi connectivity index (χ2v) is 10.5. The summed E-state index contributed by atoms with van der Waals surface area (Å²) in [6, 6.07) is 32.6. The van der Waals surface area contributed by atoms with Gasteiger partial charge in [-0.2, -0.15) is 0 Å². The van der Waals surface area contributed by atoms with Gasteiger partial charge in [-0.3, -0.25) is 9.59 Å². The smallest absolute Gasteiger partial charge is 0.242 e. The van der Waals surface area contributed by atoms with Crippen LogP contribution in [-0.4, -0.2) is 64.5 Å². The molecule has 1 aliphatic carbocycles. The molecule has 6 rings (SSSR count). The first-order valence-corrected chi connectivity index (χ1v) is 14.0. The van der Waals surface area contributed by atoms with Gasteiger partial charge in [-0.1, -0.05) is 84.9 Å². The molecular formula is C33H33N5O2. The van der Waals surface area contributed by atoms with Crippen LogP contribution in [0.5, 0.6) is 0 Å². The van der Waals surface area contributed by atoms with E-state index in [2.05, 4.69) is 51.5 Å². The number of aromatic nitrogens is 2. The van der Waals surface area contributed by atoms with Gasteiger partial charge < -0.3 is 14.7 Å². The van der Waals surface area contributed by atoms with Crippen molar-refractivity contribution in [1.82, 2.24) is 20.0 Å². The number of anilines is 1. The number of hydrogen-bond acceptors (Lipinski definition) is 5. The molecule has 202 valence electrons. The molecule has 1 saturated heterocycles. The summed E-state index contributed by atoms with van der Waals surface area (Å²) < 4.78 is 0. The zero-order chi connectivity index (χ0) is 27.3. The molecule has 7 heteroatoms. The molecule has 3 aromatic carbocycles. The predicted octanol–water partition coefficient (Wildman–Crippen LogP) is 4.90. The van der Waals surface area contributed by atoms with Crippen LogP contribution in [0.25, 0.3) is 22.4 Å². The second kappa shape index (κ2) is 11.7. The van der Waals surface area contributed by atoms with E-state index in [0.717, 1.165) is 35.5 Å². The van der Waals surface area contributed by atoms with E-state index in [1.165, 1.54) is 11.1 Å². The lowest BCUT2D eigenvalue weighted by atomic mass is 10.0. The van der Waals surface area contributed by atoms with Crippen molar-refractivity contribution in [1.29, 1.82) is 0 Å². The third kappa shape index (κ3) is 6.04. The highest BCUT2D eigenvalue weighted by Gasteiger charge is 2.35. The molecule has 1 aliphatic heterocycles. The highest BCUT2D eigenvalue weighted by molar-refractivity contribution is 5.87. The average molecular weight is 532 g/mol. The summed E-state index contributed by atoms with van der Waals surface area (Å²) in [6.07, 6.45) is 1.85. The van der Waals surface area contributed by atoms with Gasteiger partial charge in [-0.15, -0.1) is 10.2 Å². The van der Waals surface area contributed by atoms with Gasteiger partial charge in [0, 0.05) is 44.2 Å². The molecule has 40 heavy (non-hydrogen) atoms. The second-order valence-electron chi connectivity index (χ2n) is 10.5. The number of amides is 2. The summed E-state index contributed by atoms with van der Waals surface area (Å²) in [5.74, 6) is 0.994. The number of hydrogen-bond donors (Lipinski definition) is 0. The normalized spacial score (nSPS) is 15.1. The summed E-state index contributed by atoms with van der Waals surface area (Å²) in [5, 5.41) is 8.98. The predicted molar refractivity (Wildman–Crippen MR) is 156 cm³/mol. The Morgan fingerprint density at radius 1 is 0.700 bits per heavy atom. The van der Waals surface area contributed by atoms with Crippen molar-refractivity contribution < 1.29 is 9.59 Å². The van der Waals surface area contributed by atoms with Crippen LogP contribution in [0.4, 0.5) is 5.82 Å². The summed E-state index contributed by atoms with van der Waals surface area (Å²) >= 11 is 0. The topological polar surface area (TPSA) is 69.6 Å². The minimum atomic E-state index is 0.00460. The van der Waals surface area contributed by atoms with Gasteiger partial charge in [0.25, 0.3) is 0 Å². The van der Waals surface area contributed by atoms with Gasteiger partial charge in [0.15, 0.2) is 5.82 Å². The summed E-state index contributed by atoms with van der Waals surface area (Å²) in [7, 11) is 0. The van der Waals surface area contributed by atoms with E-state index in [4.69, 9.17) is 0 Å².